The van der Waals surface area contributed by atoms with E-state index >= 15 is 0 Å². The molecule has 1 saturated heterocycles. The van der Waals surface area contributed by atoms with Crippen molar-refractivity contribution in [2.45, 2.75) is 18.8 Å². The second-order valence-corrected chi connectivity index (χ2v) is 7.45. The van der Waals surface area contributed by atoms with Crippen LogP contribution in [0.5, 0.6) is 5.75 Å². The van der Waals surface area contributed by atoms with Crippen LogP contribution in [0.4, 0.5) is 5.95 Å². The molecule has 3 aromatic rings. The lowest BCUT2D eigenvalue weighted by atomic mass is 10.2. The first-order valence-corrected chi connectivity index (χ1v) is 10.5. The quantitative estimate of drug-likeness (QED) is 0.435. The van der Waals surface area contributed by atoms with Crippen LogP contribution in [0.15, 0.2) is 36.5 Å². The average molecular weight is 416 g/mol. The summed E-state index contributed by atoms with van der Waals surface area (Å²) in [7, 11) is 0. The summed E-state index contributed by atoms with van der Waals surface area (Å²) < 4.78 is 7.46. The minimum absolute atomic E-state index is 0.185. The Hall–Kier alpha value is -2.35. The molecule has 0 bridgehead atoms. The maximum Gasteiger partial charge on any atom is 0.204 e. The van der Waals surface area contributed by atoms with E-state index in [9.17, 15) is 5.11 Å². The lowest BCUT2D eigenvalue weighted by molar-refractivity contribution is 0.0378. The van der Waals surface area contributed by atoms with Gasteiger partial charge < -0.3 is 19.7 Å². The van der Waals surface area contributed by atoms with Crippen molar-refractivity contribution in [2.24, 2.45) is 0 Å². The van der Waals surface area contributed by atoms with Gasteiger partial charge in [0, 0.05) is 31.7 Å². The van der Waals surface area contributed by atoms with Gasteiger partial charge in [-0.3, -0.25) is 9.88 Å². The number of aromatic nitrogens is 3. The Balaban J connectivity index is 1.52. The highest BCUT2D eigenvalue weighted by atomic mass is 35.5. The number of alkyl halides is 1. The molecule has 0 aliphatic carbocycles. The van der Waals surface area contributed by atoms with Gasteiger partial charge in [0.05, 0.1) is 30.8 Å². The van der Waals surface area contributed by atoms with Crippen molar-refractivity contribution in [1.82, 2.24) is 19.4 Å². The molecular formula is C21H26ClN5O2. The largest absolute Gasteiger partial charge is 0.506 e. The Labute approximate surface area is 175 Å². The van der Waals surface area contributed by atoms with Gasteiger partial charge in [-0.25, -0.2) is 4.98 Å². The Kier molecular flexibility index (Phi) is 6.49. The van der Waals surface area contributed by atoms with Gasteiger partial charge in [-0.15, -0.1) is 11.6 Å². The van der Waals surface area contributed by atoms with Gasteiger partial charge in [0.2, 0.25) is 5.95 Å². The Bertz CT molecular complexity index is 955. The van der Waals surface area contributed by atoms with Crippen LogP contribution in [0.1, 0.15) is 17.7 Å². The number of imidazole rings is 1. The van der Waals surface area contributed by atoms with Crippen LogP contribution in [0.25, 0.3) is 11.0 Å². The third-order valence-corrected chi connectivity index (χ3v) is 5.49. The van der Waals surface area contributed by atoms with Gasteiger partial charge in [0.25, 0.3) is 0 Å². The highest BCUT2D eigenvalue weighted by Gasteiger charge is 2.14. The van der Waals surface area contributed by atoms with Gasteiger partial charge in [-0.05, 0) is 42.8 Å². The van der Waals surface area contributed by atoms with Gasteiger partial charge in [-0.1, -0.05) is 6.07 Å². The van der Waals surface area contributed by atoms with Crippen LogP contribution >= 0.6 is 11.6 Å². The highest BCUT2D eigenvalue weighted by Crippen LogP contribution is 2.25. The van der Waals surface area contributed by atoms with Crippen LogP contribution in [0.2, 0.25) is 0 Å². The summed E-state index contributed by atoms with van der Waals surface area (Å²) in [5.41, 5.74) is 3.52. The number of benzene rings is 1. The summed E-state index contributed by atoms with van der Waals surface area (Å²) in [5, 5.41) is 13.6. The number of ether oxygens (including phenoxy) is 1. The number of aromatic hydroxyl groups is 1. The number of pyridine rings is 1. The van der Waals surface area contributed by atoms with Crippen molar-refractivity contribution in [3.63, 3.8) is 0 Å². The molecule has 0 radical (unpaired) electrons. The van der Waals surface area contributed by atoms with E-state index in [2.05, 4.69) is 19.8 Å². The molecule has 8 heteroatoms. The normalized spacial score (nSPS) is 15.1. The molecule has 0 saturated carbocycles. The standard InChI is InChI=1S/C21H26ClN5O2/c22-14-16-4-5-19-17(13-16)25-21(24-7-2-8-26-9-11-29-12-10-26)27(19)15-18-20(28)3-1-6-23-18/h1,3-6,13,28H,2,7-12,14-15H2,(H,24,25). The maximum atomic E-state index is 10.2. The molecule has 0 unspecified atom stereocenters. The molecular weight excluding hydrogens is 390 g/mol. The van der Waals surface area contributed by atoms with E-state index in [-0.39, 0.29) is 5.75 Å². The average Bonchev–Trinajstić information content (AvgIpc) is 3.10. The van der Waals surface area contributed by atoms with E-state index in [1.54, 1.807) is 18.3 Å². The first-order chi connectivity index (χ1) is 14.2. The van der Waals surface area contributed by atoms with Crippen molar-refractivity contribution in [1.29, 1.82) is 0 Å². The van der Waals surface area contributed by atoms with Crippen molar-refractivity contribution in [2.75, 3.05) is 44.7 Å². The molecule has 4 rings (SSSR count). The van der Waals surface area contributed by atoms with Crippen molar-refractivity contribution >= 4 is 28.6 Å². The molecule has 1 aromatic carbocycles. The molecule has 1 aliphatic rings. The summed E-state index contributed by atoms with van der Waals surface area (Å²) in [5.74, 6) is 1.41. The summed E-state index contributed by atoms with van der Waals surface area (Å²) in [4.78, 5) is 11.5. The molecule has 3 heterocycles. The zero-order valence-corrected chi connectivity index (χ0v) is 17.1. The lowest BCUT2D eigenvalue weighted by Gasteiger charge is -2.26. The number of halogens is 1. The predicted molar refractivity (Wildman–Crippen MR) is 115 cm³/mol. The van der Waals surface area contributed by atoms with Crippen LogP contribution < -0.4 is 5.32 Å². The maximum absolute atomic E-state index is 10.2. The Morgan fingerprint density at radius 2 is 2.07 bits per heavy atom. The van der Waals surface area contributed by atoms with Gasteiger partial charge in [0.1, 0.15) is 11.4 Å². The van der Waals surface area contributed by atoms with E-state index in [4.69, 9.17) is 21.3 Å². The first kappa shape index (κ1) is 19.9. The van der Waals surface area contributed by atoms with Crippen molar-refractivity contribution in [3.05, 3.63) is 47.8 Å². The van der Waals surface area contributed by atoms with Crippen LogP contribution in [-0.2, 0) is 17.2 Å². The van der Waals surface area contributed by atoms with Crippen LogP contribution in [0, 0.1) is 0 Å². The zero-order chi connectivity index (χ0) is 20.1. The van der Waals surface area contributed by atoms with Crippen molar-refractivity contribution in [3.8, 4) is 5.75 Å². The minimum Gasteiger partial charge on any atom is -0.506 e. The molecule has 2 N–H and O–H groups in total. The summed E-state index contributed by atoms with van der Waals surface area (Å²) in [6, 6.07) is 9.42. The van der Waals surface area contributed by atoms with Crippen molar-refractivity contribution < 1.29 is 9.84 Å². The Morgan fingerprint density at radius 1 is 1.21 bits per heavy atom. The van der Waals surface area contributed by atoms with Gasteiger partial charge >= 0.3 is 0 Å². The number of morpholine rings is 1. The van der Waals surface area contributed by atoms with E-state index in [1.807, 2.05) is 18.2 Å². The van der Waals surface area contributed by atoms with E-state index in [0.29, 0.717) is 18.1 Å². The second-order valence-electron chi connectivity index (χ2n) is 7.18. The molecule has 1 fully saturated rings. The van der Waals surface area contributed by atoms with Gasteiger partial charge in [-0.2, -0.15) is 0 Å². The fraction of sp³-hybridized carbons (Fsp3) is 0.429. The predicted octanol–water partition coefficient (Wildman–Crippen LogP) is 3.06. The number of fused-ring (bicyclic) bond motifs is 1. The number of nitrogens with zero attached hydrogens (tertiary/aromatic N) is 4. The molecule has 1 aliphatic heterocycles. The van der Waals surface area contributed by atoms with Crippen LogP contribution in [-0.4, -0.2) is 63.9 Å². The molecule has 0 atom stereocenters. The topological polar surface area (TPSA) is 75.4 Å². The molecule has 7 nitrogen and oxygen atoms in total. The zero-order valence-electron chi connectivity index (χ0n) is 16.4. The minimum atomic E-state index is 0.185. The second kappa shape index (κ2) is 9.43. The lowest BCUT2D eigenvalue weighted by Crippen LogP contribution is -2.37. The van der Waals surface area contributed by atoms with E-state index in [1.165, 1.54) is 0 Å². The molecule has 2 aromatic heterocycles. The fourth-order valence-electron chi connectivity index (χ4n) is 3.58. The number of rotatable bonds is 8. The number of nitrogens with one attached hydrogen (secondary N) is 1. The first-order valence-electron chi connectivity index (χ1n) is 9.96. The number of anilines is 1. The van der Waals surface area contributed by atoms with E-state index < -0.39 is 0 Å². The fourth-order valence-corrected chi connectivity index (χ4v) is 3.75. The van der Waals surface area contributed by atoms with Crippen LogP contribution in [0.3, 0.4) is 0 Å². The molecule has 29 heavy (non-hydrogen) atoms. The Morgan fingerprint density at radius 3 is 2.86 bits per heavy atom. The summed E-state index contributed by atoms with van der Waals surface area (Å²) in [6.07, 6.45) is 2.71. The van der Waals surface area contributed by atoms with E-state index in [0.717, 1.165) is 68.4 Å². The third-order valence-electron chi connectivity index (χ3n) is 5.18. The third kappa shape index (κ3) is 4.80. The van der Waals surface area contributed by atoms with Gasteiger partial charge in [0.15, 0.2) is 0 Å². The SMILES string of the molecule is Oc1cccnc1Cn1c(NCCCN2CCOCC2)nc2cc(CCl)ccc21. The molecule has 0 amide bonds. The summed E-state index contributed by atoms with van der Waals surface area (Å²) in [6.45, 7) is 5.93. The molecule has 154 valence electrons. The highest BCUT2D eigenvalue weighted by molar-refractivity contribution is 6.17. The molecule has 0 spiro atoms. The monoisotopic (exact) mass is 415 g/mol. The number of hydrogen-bond donors (Lipinski definition) is 2. The smallest absolute Gasteiger partial charge is 0.204 e. The summed E-state index contributed by atoms with van der Waals surface area (Å²) >= 11 is 5.99. The number of hydrogen-bond acceptors (Lipinski definition) is 6.